The monoisotopic (exact) mass is 291 g/mol. The van der Waals surface area contributed by atoms with Gasteiger partial charge in [0.2, 0.25) is 0 Å². The van der Waals surface area contributed by atoms with Gasteiger partial charge in [0.05, 0.1) is 0 Å². The van der Waals surface area contributed by atoms with E-state index < -0.39 is 11.5 Å². The molecule has 2 N–H and O–H groups in total. The number of carboxylic acids is 1. The van der Waals surface area contributed by atoms with E-state index in [9.17, 15) is 9.90 Å². The van der Waals surface area contributed by atoms with Gasteiger partial charge in [0.25, 0.3) is 0 Å². The molecule has 0 saturated heterocycles. The number of benzene rings is 1. The Morgan fingerprint density at radius 2 is 2.14 bits per heavy atom. The molecule has 0 amide bonds. The highest BCUT2D eigenvalue weighted by atomic mass is 16.5. The third-order valence-corrected chi connectivity index (χ3v) is 4.13. The molecule has 0 aliphatic heterocycles. The largest absolute Gasteiger partial charge is 0.491 e. The molecule has 1 aliphatic rings. The maximum absolute atomic E-state index is 11.8. The molecule has 0 aromatic heterocycles. The van der Waals surface area contributed by atoms with Crippen LogP contribution < -0.4 is 10.1 Å². The number of aliphatic carboxylic acids is 1. The van der Waals surface area contributed by atoms with Crippen LogP contribution in [0.15, 0.2) is 18.2 Å². The quantitative estimate of drug-likeness (QED) is 0.773. The van der Waals surface area contributed by atoms with Crippen LogP contribution in [0.5, 0.6) is 5.75 Å². The summed E-state index contributed by atoms with van der Waals surface area (Å²) in [5.41, 5.74) is 1.27. The first-order chi connectivity index (χ1) is 9.99. The Kier molecular flexibility index (Phi) is 4.88. The second kappa shape index (κ2) is 6.48. The maximum Gasteiger partial charge on any atom is 0.327 e. The molecule has 0 bridgehead atoms. The van der Waals surface area contributed by atoms with Gasteiger partial charge in [-0.05, 0) is 57.2 Å². The van der Waals surface area contributed by atoms with Gasteiger partial charge in [-0.15, -0.1) is 0 Å². The second-order valence-electron chi connectivity index (χ2n) is 6.04. The first-order valence-corrected chi connectivity index (χ1v) is 7.68. The highest BCUT2D eigenvalue weighted by Gasteiger charge is 2.51. The van der Waals surface area contributed by atoms with E-state index in [0.717, 1.165) is 30.6 Å². The van der Waals surface area contributed by atoms with Gasteiger partial charge in [-0.1, -0.05) is 24.6 Å². The topological polar surface area (TPSA) is 58.6 Å². The Hall–Kier alpha value is -1.55. The van der Waals surface area contributed by atoms with Gasteiger partial charge in [0, 0.05) is 0 Å². The molecular formula is C17H25NO3. The van der Waals surface area contributed by atoms with E-state index >= 15 is 0 Å². The van der Waals surface area contributed by atoms with Crippen LogP contribution in [0.2, 0.25) is 0 Å². The Bertz CT molecular complexity index is 511. The minimum absolute atomic E-state index is 0.173. The molecule has 0 heterocycles. The molecule has 4 nitrogen and oxygen atoms in total. The number of carboxylic acid groups (broad SMARTS) is 1. The molecule has 116 valence electrons. The van der Waals surface area contributed by atoms with Gasteiger partial charge in [-0.2, -0.15) is 0 Å². The van der Waals surface area contributed by atoms with Crippen LogP contribution >= 0.6 is 0 Å². The van der Waals surface area contributed by atoms with Crippen molar-refractivity contribution < 1.29 is 14.6 Å². The predicted molar refractivity (Wildman–Crippen MR) is 82.8 cm³/mol. The van der Waals surface area contributed by atoms with Crippen molar-refractivity contribution in [1.29, 1.82) is 0 Å². The van der Waals surface area contributed by atoms with Crippen molar-refractivity contribution in [3.63, 3.8) is 0 Å². The van der Waals surface area contributed by atoms with Crippen molar-refractivity contribution in [2.45, 2.75) is 45.6 Å². The minimum Gasteiger partial charge on any atom is -0.491 e. The molecule has 1 atom stereocenters. The molecule has 1 fully saturated rings. The molecule has 2 rings (SSSR count). The number of ether oxygens (including phenoxy) is 1. The fraction of sp³-hybridized carbons (Fsp3) is 0.588. The fourth-order valence-electron chi connectivity index (χ4n) is 2.70. The van der Waals surface area contributed by atoms with Gasteiger partial charge in [0.1, 0.15) is 12.4 Å². The van der Waals surface area contributed by atoms with E-state index in [0.29, 0.717) is 6.54 Å². The van der Waals surface area contributed by atoms with Crippen LogP contribution in [-0.2, 0) is 4.79 Å². The molecule has 21 heavy (non-hydrogen) atoms. The van der Waals surface area contributed by atoms with Gasteiger partial charge in [0.15, 0.2) is 5.54 Å². The fourth-order valence-corrected chi connectivity index (χ4v) is 2.70. The highest BCUT2D eigenvalue weighted by molar-refractivity contribution is 5.80. The summed E-state index contributed by atoms with van der Waals surface area (Å²) in [4.78, 5) is 11.8. The molecule has 1 unspecified atom stereocenters. The summed E-state index contributed by atoms with van der Waals surface area (Å²) in [6.07, 6.45) is 2.82. The number of aryl methyl sites for hydroxylation is 2. The van der Waals surface area contributed by atoms with Crippen LogP contribution in [0, 0.1) is 19.8 Å². The van der Waals surface area contributed by atoms with Crippen molar-refractivity contribution in [3.05, 3.63) is 29.3 Å². The molecule has 0 radical (unpaired) electrons. The standard InChI is InChI=1S/C17H25NO3/c1-4-9-18-17(16(19)20,14-6-7-14)11-21-15-8-5-12(2)10-13(15)3/h5,8,10,14,18H,4,6-7,9,11H2,1-3H3,(H,19,20). The van der Waals surface area contributed by atoms with E-state index in [1.165, 1.54) is 5.56 Å². The summed E-state index contributed by atoms with van der Waals surface area (Å²) in [6.45, 7) is 6.93. The van der Waals surface area contributed by atoms with Crippen LogP contribution in [0.3, 0.4) is 0 Å². The Morgan fingerprint density at radius 1 is 1.43 bits per heavy atom. The summed E-state index contributed by atoms with van der Waals surface area (Å²) < 4.78 is 5.87. The molecule has 1 saturated carbocycles. The van der Waals surface area contributed by atoms with Gasteiger partial charge in [-0.3, -0.25) is 10.1 Å². The lowest BCUT2D eigenvalue weighted by molar-refractivity contribution is -0.147. The van der Waals surface area contributed by atoms with Crippen LogP contribution in [0.4, 0.5) is 0 Å². The van der Waals surface area contributed by atoms with Crippen LogP contribution in [-0.4, -0.2) is 29.8 Å². The van der Waals surface area contributed by atoms with Crippen molar-refractivity contribution in [1.82, 2.24) is 5.32 Å². The van der Waals surface area contributed by atoms with Crippen molar-refractivity contribution in [2.75, 3.05) is 13.2 Å². The maximum atomic E-state index is 11.8. The molecule has 1 aromatic carbocycles. The summed E-state index contributed by atoms with van der Waals surface area (Å²) in [5.74, 6) is 0.140. The summed E-state index contributed by atoms with van der Waals surface area (Å²) >= 11 is 0. The van der Waals surface area contributed by atoms with E-state index in [-0.39, 0.29) is 12.5 Å². The Labute approximate surface area is 126 Å². The molecule has 1 aliphatic carbocycles. The second-order valence-corrected chi connectivity index (χ2v) is 6.04. The smallest absolute Gasteiger partial charge is 0.327 e. The molecule has 1 aromatic rings. The third-order valence-electron chi connectivity index (χ3n) is 4.13. The van der Waals surface area contributed by atoms with Gasteiger partial charge >= 0.3 is 5.97 Å². The lowest BCUT2D eigenvalue weighted by Crippen LogP contribution is -2.58. The third kappa shape index (κ3) is 3.56. The van der Waals surface area contributed by atoms with Crippen molar-refractivity contribution >= 4 is 5.97 Å². The number of carbonyl (C=O) groups is 1. The lowest BCUT2D eigenvalue weighted by Gasteiger charge is -2.31. The zero-order valence-corrected chi connectivity index (χ0v) is 13.1. The van der Waals surface area contributed by atoms with Crippen molar-refractivity contribution in [3.8, 4) is 5.75 Å². The number of hydrogen-bond acceptors (Lipinski definition) is 3. The van der Waals surface area contributed by atoms with Crippen molar-refractivity contribution in [2.24, 2.45) is 5.92 Å². The molecule has 0 spiro atoms. The summed E-state index contributed by atoms with van der Waals surface area (Å²) in [7, 11) is 0. The van der Waals surface area contributed by atoms with Crippen LogP contribution in [0.1, 0.15) is 37.3 Å². The first-order valence-electron chi connectivity index (χ1n) is 7.68. The van der Waals surface area contributed by atoms with E-state index in [1.54, 1.807) is 0 Å². The highest BCUT2D eigenvalue weighted by Crippen LogP contribution is 2.40. The normalized spacial score (nSPS) is 17.3. The molecular weight excluding hydrogens is 266 g/mol. The van der Waals surface area contributed by atoms with E-state index in [1.807, 2.05) is 39.0 Å². The average Bonchev–Trinajstić information content (AvgIpc) is 3.25. The van der Waals surface area contributed by atoms with Crippen LogP contribution in [0.25, 0.3) is 0 Å². The zero-order chi connectivity index (χ0) is 15.5. The summed E-state index contributed by atoms with van der Waals surface area (Å²) in [5, 5.41) is 12.9. The zero-order valence-electron chi connectivity index (χ0n) is 13.1. The first kappa shape index (κ1) is 15.8. The van der Waals surface area contributed by atoms with E-state index in [2.05, 4.69) is 5.32 Å². The SMILES string of the molecule is CCCNC(COc1ccc(C)cc1C)(C(=O)O)C1CC1. The number of nitrogens with one attached hydrogen (secondary N) is 1. The predicted octanol–water partition coefficient (Wildman–Crippen LogP) is 2.92. The van der Waals surface area contributed by atoms with Gasteiger partial charge in [-0.25, -0.2) is 0 Å². The Balaban J connectivity index is 2.13. The number of hydrogen-bond donors (Lipinski definition) is 2. The Morgan fingerprint density at radius 3 is 2.67 bits per heavy atom. The number of rotatable bonds is 8. The molecule has 4 heteroatoms. The summed E-state index contributed by atoms with van der Waals surface area (Å²) in [6, 6.07) is 5.96. The average molecular weight is 291 g/mol. The van der Waals surface area contributed by atoms with Gasteiger partial charge < -0.3 is 9.84 Å². The lowest BCUT2D eigenvalue weighted by atomic mass is 9.94. The van der Waals surface area contributed by atoms with E-state index in [4.69, 9.17) is 4.74 Å². The minimum atomic E-state index is -0.951.